The molecule has 0 aromatic heterocycles. The molecule has 2 rings (SSSR count). The van der Waals surface area contributed by atoms with Gasteiger partial charge in [-0.2, -0.15) is 0 Å². The molecule has 15 heavy (non-hydrogen) atoms. The van der Waals surface area contributed by atoms with Crippen molar-refractivity contribution < 1.29 is 4.74 Å². The smallest absolute Gasteiger partial charge is 0.0814 e. The number of rotatable bonds is 2. The van der Waals surface area contributed by atoms with Crippen molar-refractivity contribution in [3.8, 4) is 0 Å². The Labute approximate surface area is 93.8 Å². The van der Waals surface area contributed by atoms with Gasteiger partial charge in [-0.25, -0.2) is 0 Å². The standard InChI is InChI=1S/C13H25NO/c1-3-12(4-2)10-14-11-13(15-12)8-6-5-7-9-13/h14H,3-11H2,1-2H3. The molecule has 0 aromatic carbocycles. The highest BCUT2D eigenvalue weighted by atomic mass is 16.5. The summed E-state index contributed by atoms with van der Waals surface area (Å²) in [6, 6.07) is 0. The molecule has 1 spiro atoms. The zero-order valence-electron chi connectivity index (χ0n) is 10.3. The van der Waals surface area contributed by atoms with Crippen LogP contribution >= 0.6 is 0 Å². The van der Waals surface area contributed by atoms with Gasteiger partial charge in [0.25, 0.3) is 0 Å². The van der Waals surface area contributed by atoms with Gasteiger partial charge in [-0.1, -0.05) is 33.1 Å². The Hall–Kier alpha value is -0.0800. The molecule has 2 nitrogen and oxygen atoms in total. The largest absolute Gasteiger partial charge is 0.366 e. The van der Waals surface area contributed by atoms with Crippen LogP contribution in [0.4, 0.5) is 0 Å². The van der Waals surface area contributed by atoms with E-state index >= 15 is 0 Å². The van der Waals surface area contributed by atoms with E-state index in [9.17, 15) is 0 Å². The lowest BCUT2D eigenvalue weighted by Gasteiger charge is -2.50. The number of morpholine rings is 1. The lowest BCUT2D eigenvalue weighted by molar-refractivity contribution is -0.193. The summed E-state index contributed by atoms with van der Waals surface area (Å²) in [4.78, 5) is 0. The molecule has 0 radical (unpaired) electrons. The summed E-state index contributed by atoms with van der Waals surface area (Å²) in [6.07, 6.45) is 8.91. The third-order valence-electron chi connectivity index (χ3n) is 4.38. The Bertz CT molecular complexity index is 199. The highest BCUT2D eigenvalue weighted by molar-refractivity contribution is 4.97. The van der Waals surface area contributed by atoms with E-state index in [1.54, 1.807) is 0 Å². The number of hydrogen-bond donors (Lipinski definition) is 1. The molecular weight excluding hydrogens is 186 g/mol. The van der Waals surface area contributed by atoms with Crippen LogP contribution in [0.1, 0.15) is 58.8 Å². The predicted octanol–water partition coefficient (Wildman–Crippen LogP) is 2.87. The van der Waals surface area contributed by atoms with Crippen LogP contribution in [0.3, 0.4) is 0 Å². The Morgan fingerprint density at radius 3 is 2.27 bits per heavy atom. The third-order valence-corrected chi connectivity index (χ3v) is 4.38. The van der Waals surface area contributed by atoms with Crippen LogP contribution in [0.25, 0.3) is 0 Å². The lowest BCUT2D eigenvalue weighted by Crippen LogP contribution is -2.60. The van der Waals surface area contributed by atoms with Crippen molar-refractivity contribution in [2.75, 3.05) is 13.1 Å². The van der Waals surface area contributed by atoms with Crippen molar-refractivity contribution in [2.45, 2.75) is 70.0 Å². The molecule has 2 aliphatic rings. The van der Waals surface area contributed by atoms with Gasteiger partial charge >= 0.3 is 0 Å². The second-order valence-corrected chi connectivity index (χ2v) is 5.34. The van der Waals surface area contributed by atoms with E-state index in [0.717, 1.165) is 25.9 Å². The average molecular weight is 211 g/mol. The van der Waals surface area contributed by atoms with Crippen LogP contribution in [0, 0.1) is 0 Å². The Morgan fingerprint density at radius 1 is 1.00 bits per heavy atom. The van der Waals surface area contributed by atoms with Gasteiger partial charge in [0, 0.05) is 13.1 Å². The fraction of sp³-hybridized carbons (Fsp3) is 1.00. The van der Waals surface area contributed by atoms with E-state index in [0.29, 0.717) is 0 Å². The maximum atomic E-state index is 6.54. The maximum Gasteiger partial charge on any atom is 0.0814 e. The van der Waals surface area contributed by atoms with E-state index in [2.05, 4.69) is 19.2 Å². The monoisotopic (exact) mass is 211 g/mol. The highest BCUT2D eigenvalue weighted by Crippen LogP contribution is 2.39. The van der Waals surface area contributed by atoms with Gasteiger partial charge in [0.1, 0.15) is 0 Å². The van der Waals surface area contributed by atoms with Crippen molar-refractivity contribution in [1.82, 2.24) is 5.32 Å². The van der Waals surface area contributed by atoms with Crippen LogP contribution in [0.2, 0.25) is 0 Å². The molecule has 1 aliphatic carbocycles. The molecule has 88 valence electrons. The molecule has 0 aromatic rings. The number of hydrogen-bond acceptors (Lipinski definition) is 2. The van der Waals surface area contributed by atoms with Gasteiger partial charge in [-0.15, -0.1) is 0 Å². The van der Waals surface area contributed by atoms with Gasteiger partial charge < -0.3 is 10.1 Å². The maximum absolute atomic E-state index is 6.54. The summed E-state index contributed by atoms with van der Waals surface area (Å²) in [5.41, 5.74) is 0.304. The molecule has 0 bridgehead atoms. The normalized spacial score (nSPS) is 29.2. The van der Waals surface area contributed by atoms with E-state index in [4.69, 9.17) is 4.74 Å². The zero-order chi connectivity index (χ0) is 10.8. The fourth-order valence-electron chi connectivity index (χ4n) is 3.17. The van der Waals surface area contributed by atoms with Crippen molar-refractivity contribution >= 4 is 0 Å². The molecule has 1 saturated carbocycles. The molecule has 2 fully saturated rings. The third kappa shape index (κ3) is 2.21. The summed E-state index contributed by atoms with van der Waals surface area (Å²) in [7, 11) is 0. The van der Waals surface area contributed by atoms with Gasteiger partial charge in [0.2, 0.25) is 0 Å². The fourth-order valence-corrected chi connectivity index (χ4v) is 3.17. The van der Waals surface area contributed by atoms with E-state index in [1.165, 1.54) is 32.1 Å². The van der Waals surface area contributed by atoms with Gasteiger partial charge in [-0.3, -0.25) is 0 Å². The summed E-state index contributed by atoms with van der Waals surface area (Å²) in [5, 5.41) is 3.61. The van der Waals surface area contributed by atoms with E-state index in [-0.39, 0.29) is 11.2 Å². The quantitative estimate of drug-likeness (QED) is 0.758. The van der Waals surface area contributed by atoms with Gasteiger partial charge in [0.15, 0.2) is 0 Å². The van der Waals surface area contributed by atoms with Crippen LogP contribution in [0.15, 0.2) is 0 Å². The highest BCUT2D eigenvalue weighted by Gasteiger charge is 2.44. The summed E-state index contributed by atoms with van der Waals surface area (Å²) < 4.78 is 6.54. The molecular formula is C13H25NO. The predicted molar refractivity (Wildman–Crippen MR) is 63.1 cm³/mol. The van der Waals surface area contributed by atoms with Crippen molar-refractivity contribution in [3.05, 3.63) is 0 Å². The SMILES string of the molecule is CCC1(CC)CNCC2(CCCCC2)O1. The average Bonchev–Trinajstić information content (AvgIpc) is 2.30. The Kier molecular flexibility index (Phi) is 3.36. The Balaban J connectivity index is 2.07. The number of ether oxygens (including phenoxy) is 1. The first-order valence-electron chi connectivity index (χ1n) is 6.65. The Morgan fingerprint density at radius 2 is 1.67 bits per heavy atom. The second kappa shape index (κ2) is 4.42. The van der Waals surface area contributed by atoms with Crippen LogP contribution < -0.4 is 5.32 Å². The topological polar surface area (TPSA) is 21.3 Å². The van der Waals surface area contributed by atoms with Crippen molar-refractivity contribution in [1.29, 1.82) is 0 Å². The van der Waals surface area contributed by atoms with Crippen LogP contribution in [0.5, 0.6) is 0 Å². The van der Waals surface area contributed by atoms with Gasteiger partial charge in [0.05, 0.1) is 11.2 Å². The zero-order valence-corrected chi connectivity index (χ0v) is 10.3. The molecule has 0 amide bonds. The first-order chi connectivity index (χ1) is 7.24. The minimum Gasteiger partial charge on any atom is -0.366 e. The molecule has 1 aliphatic heterocycles. The van der Waals surface area contributed by atoms with E-state index in [1.807, 2.05) is 0 Å². The second-order valence-electron chi connectivity index (χ2n) is 5.34. The molecule has 2 heteroatoms. The minimum atomic E-state index is 0.121. The van der Waals surface area contributed by atoms with Crippen molar-refractivity contribution in [2.24, 2.45) is 0 Å². The van der Waals surface area contributed by atoms with Crippen molar-refractivity contribution in [3.63, 3.8) is 0 Å². The summed E-state index contributed by atoms with van der Waals surface area (Å²) in [6.45, 7) is 6.64. The summed E-state index contributed by atoms with van der Waals surface area (Å²) >= 11 is 0. The molecule has 1 N–H and O–H groups in total. The molecule has 0 atom stereocenters. The first kappa shape index (κ1) is 11.4. The molecule has 0 unspecified atom stereocenters. The van der Waals surface area contributed by atoms with Crippen LogP contribution in [-0.4, -0.2) is 24.3 Å². The first-order valence-corrected chi connectivity index (χ1v) is 6.65. The van der Waals surface area contributed by atoms with E-state index < -0.39 is 0 Å². The molecule has 1 saturated heterocycles. The van der Waals surface area contributed by atoms with Crippen LogP contribution in [-0.2, 0) is 4.74 Å². The number of nitrogens with one attached hydrogen (secondary N) is 1. The molecule has 1 heterocycles. The van der Waals surface area contributed by atoms with Gasteiger partial charge in [-0.05, 0) is 25.7 Å². The summed E-state index contributed by atoms with van der Waals surface area (Å²) in [5.74, 6) is 0. The minimum absolute atomic E-state index is 0.121. The lowest BCUT2D eigenvalue weighted by atomic mass is 9.81.